The number of rotatable bonds is 5. The fourth-order valence-corrected chi connectivity index (χ4v) is 1.61. The minimum atomic E-state index is -0.0197. The summed E-state index contributed by atoms with van der Waals surface area (Å²) in [5, 5.41) is 6.62. The SMILES string of the molecule is Cc1ccc(Cl)c(NCC(=O)NC(C)C(C)C)c1. The molecule has 0 aliphatic rings. The molecular weight excluding hydrogens is 248 g/mol. The van der Waals surface area contributed by atoms with Gasteiger partial charge in [-0.15, -0.1) is 0 Å². The van der Waals surface area contributed by atoms with Gasteiger partial charge in [-0.3, -0.25) is 4.79 Å². The Labute approximate surface area is 114 Å². The van der Waals surface area contributed by atoms with Crippen molar-refractivity contribution in [1.29, 1.82) is 0 Å². The van der Waals surface area contributed by atoms with Crippen LogP contribution in [0.5, 0.6) is 0 Å². The zero-order valence-electron chi connectivity index (χ0n) is 11.4. The number of hydrogen-bond donors (Lipinski definition) is 2. The molecule has 0 aliphatic carbocycles. The zero-order chi connectivity index (χ0) is 13.7. The maximum Gasteiger partial charge on any atom is 0.239 e. The Morgan fingerprint density at radius 1 is 1.33 bits per heavy atom. The normalized spacial score (nSPS) is 12.3. The van der Waals surface area contributed by atoms with Crippen LogP contribution < -0.4 is 10.6 Å². The predicted octanol–water partition coefficient (Wildman–Crippen LogP) is 3.22. The first kappa shape index (κ1) is 14.8. The van der Waals surface area contributed by atoms with E-state index < -0.39 is 0 Å². The molecule has 0 radical (unpaired) electrons. The number of hydrogen-bond acceptors (Lipinski definition) is 2. The highest BCUT2D eigenvalue weighted by Gasteiger charge is 2.10. The van der Waals surface area contributed by atoms with E-state index in [4.69, 9.17) is 11.6 Å². The van der Waals surface area contributed by atoms with E-state index in [1.165, 1.54) is 0 Å². The summed E-state index contributed by atoms with van der Waals surface area (Å²) in [5.41, 5.74) is 1.90. The lowest BCUT2D eigenvalue weighted by molar-refractivity contribution is -0.120. The van der Waals surface area contributed by atoms with E-state index in [-0.39, 0.29) is 18.5 Å². The molecule has 0 saturated heterocycles. The number of nitrogens with one attached hydrogen (secondary N) is 2. The number of halogens is 1. The molecule has 0 saturated carbocycles. The summed E-state index contributed by atoms with van der Waals surface area (Å²) in [5.74, 6) is 0.408. The fourth-order valence-electron chi connectivity index (χ4n) is 1.42. The first-order valence-corrected chi connectivity index (χ1v) is 6.57. The number of carbonyl (C=O) groups is 1. The van der Waals surface area contributed by atoms with Gasteiger partial charge in [0.1, 0.15) is 0 Å². The van der Waals surface area contributed by atoms with Crippen molar-refractivity contribution in [3.63, 3.8) is 0 Å². The van der Waals surface area contributed by atoms with E-state index in [0.717, 1.165) is 11.3 Å². The number of amides is 1. The van der Waals surface area contributed by atoms with Crippen LogP contribution in [-0.4, -0.2) is 18.5 Å². The maximum absolute atomic E-state index is 11.7. The summed E-state index contributed by atoms with van der Waals surface area (Å²) < 4.78 is 0. The van der Waals surface area contributed by atoms with Gasteiger partial charge in [0.15, 0.2) is 0 Å². The first-order chi connectivity index (χ1) is 8.40. The molecule has 100 valence electrons. The van der Waals surface area contributed by atoms with E-state index in [1.54, 1.807) is 0 Å². The van der Waals surface area contributed by atoms with Crippen LogP contribution in [0.3, 0.4) is 0 Å². The molecule has 1 unspecified atom stereocenters. The van der Waals surface area contributed by atoms with Crippen LogP contribution in [0.15, 0.2) is 18.2 Å². The molecule has 1 amide bonds. The Kier molecular flexibility index (Phi) is 5.48. The van der Waals surface area contributed by atoms with Crippen molar-refractivity contribution in [2.75, 3.05) is 11.9 Å². The van der Waals surface area contributed by atoms with E-state index in [9.17, 15) is 4.79 Å². The molecule has 4 heteroatoms. The Balaban J connectivity index is 2.50. The van der Waals surface area contributed by atoms with Gasteiger partial charge in [0.05, 0.1) is 17.3 Å². The molecule has 18 heavy (non-hydrogen) atoms. The zero-order valence-corrected chi connectivity index (χ0v) is 12.1. The third-order valence-corrected chi connectivity index (χ3v) is 3.28. The second-order valence-corrected chi connectivity index (χ2v) is 5.34. The lowest BCUT2D eigenvalue weighted by Gasteiger charge is -2.18. The topological polar surface area (TPSA) is 41.1 Å². The smallest absolute Gasteiger partial charge is 0.239 e. The van der Waals surface area contributed by atoms with Gasteiger partial charge < -0.3 is 10.6 Å². The van der Waals surface area contributed by atoms with E-state index in [0.29, 0.717) is 10.9 Å². The molecule has 0 fully saturated rings. The molecular formula is C14H21ClN2O. The third-order valence-electron chi connectivity index (χ3n) is 2.95. The summed E-state index contributed by atoms with van der Waals surface area (Å²) in [4.78, 5) is 11.7. The van der Waals surface area contributed by atoms with Crippen LogP contribution in [-0.2, 0) is 4.79 Å². The monoisotopic (exact) mass is 268 g/mol. The molecule has 1 rings (SSSR count). The third kappa shape index (κ3) is 4.57. The van der Waals surface area contributed by atoms with Gasteiger partial charge in [0.25, 0.3) is 0 Å². The summed E-state index contributed by atoms with van der Waals surface area (Å²) in [6, 6.07) is 5.87. The van der Waals surface area contributed by atoms with E-state index in [1.807, 2.05) is 32.0 Å². The van der Waals surface area contributed by atoms with Gasteiger partial charge in [-0.1, -0.05) is 31.5 Å². The van der Waals surface area contributed by atoms with Crippen molar-refractivity contribution in [3.05, 3.63) is 28.8 Å². The summed E-state index contributed by atoms with van der Waals surface area (Å²) >= 11 is 6.04. The highest BCUT2D eigenvalue weighted by Crippen LogP contribution is 2.22. The number of benzene rings is 1. The molecule has 0 aromatic heterocycles. The van der Waals surface area contributed by atoms with Crippen molar-refractivity contribution in [1.82, 2.24) is 5.32 Å². The van der Waals surface area contributed by atoms with Crippen LogP contribution >= 0.6 is 11.6 Å². The van der Waals surface area contributed by atoms with E-state index in [2.05, 4.69) is 24.5 Å². The molecule has 0 heterocycles. The van der Waals surface area contributed by atoms with Crippen molar-refractivity contribution in [2.45, 2.75) is 33.7 Å². The Morgan fingerprint density at radius 3 is 2.61 bits per heavy atom. The van der Waals surface area contributed by atoms with Crippen molar-refractivity contribution >= 4 is 23.2 Å². The average Bonchev–Trinajstić information content (AvgIpc) is 2.30. The lowest BCUT2D eigenvalue weighted by Crippen LogP contribution is -2.39. The van der Waals surface area contributed by atoms with Gasteiger partial charge in [0.2, 0.25) is 5.91 Å². The van der Waals surface area contributed by atoms with E-state index >= 15 is 0 Å². The van der Waals surface area contributed by atoms with Crippen LogP contribution in [0.25, 0.3) is 0 Å². The van der Waals surface area contributed by atoms with Crippen LogP contribution in [0.1, 0.15) is 26.3 Å². The highest BCUT2D eigenvalue weighted by molar-refractivity contribution is 6.33. The quantitative estimate of drug-likeness (QED) is 0.861. The van der Waals surface area contributed by atoms with Gasteiger partial charge >= 0.3 is 0 Å². The van der Waals surface area contributed by atoms with Crippen molar-refractivity contribution < 1.29 is 4.79 Å². The first-order valence-electron chi connectivity index (χ1n) is 6.19. The van der Waals surface area contributed by atoms with Gasteiger partial charge in [-0.05, 0) is 37.5 Å². The van der Waals surface area contributed by atoms with Crippen molar-refractivity contribution in [3.8, 4) is 0 Å². The summed E-state index contributed by atoms with van der Waals surface area (Å²) in [6.45, 7) is 8.39. The minimum absolute atomic E-state index is 0.0197. The van der Waals surface area contributed by atoms with Crippen LogP contribution in [0, 0.1) is 12.8 Å². The number of aryl methyl sites for hydroxylation is 1. The van der Waals surface area contributed by atoms with Gasteiger partial charge in [-0.25, -0.2) is 0 Å². The highest BCUT2D eigenvalue weighted by atomic mass is 35.5. The molecule has 3 nitrogen and oxygen atoms in total. The second-order valence-electron chi connectivity index (χ2n) is 4.94. The minimum Gasteiger partial charge on any atom is -0.375 e. The second kappa shape index (κ2) is 6.64. The number of anilines is 1. The Bertz CT molecular complexity index is 418. The van der Waals surface area contributed by atoms with Gasteiger partial charge in [-0.2, -0.15) is 0 Å². The average molecular weight is 269 g/mol. The van der Waals surface area contributed by atoms with Crippen molar-refractivity contribution in [2.24, 2.45) is 5.92 Å². The number of carbonyl (C=O) groups excluding carboxylic acids is 1. The molecule has 1 aromatic rings. The van der Waals surface area contributed by atoms with Crippen LogP contribution in [0.4, 0.5) is 5.69 Å². The lowest BCUT2D eigenvalue weighted by atomic mass is 10.1. The molecule has 2 N–H and O–H groups in total. The predicted molar refractivity (Wildman–Crippen MR) is 77.1 cm³/mol. The summed E-state index contributed by atoms with van der Waals surface area (Å²) in [7, 11) is 0. The fraction of sp³-hybridized carbons (Fsp3) is 0.500. The molecule has 0 spiro atoms. The Morgan fingerprint density at radius 2 is 2.00 bits per heavy atom. The molecule has 0 bridgehead atoms. The van der Waals surface area contributed by atoms with Crippen LogP contribution in [0.2, 0.25) is 5.02 Å². The van der Waals surface area contributed by atoms with Gasteiger partial charge in [0, 0.05) is 6.04 Å². The molecule has 1 aromatic carbocycles. The standard InChI is InChI=1S/C14H21ClN2O/c1-9(2)11(4)17-14(18)8-16-13-7-10(3)5-6-12(13)15/h5-7,9,11,16H,8H2,1-4H3,(H,17,18). The molecule has 0 aliphatic heterocycles. The summed E-state index contributed by atoms with van der Waals surface area (Å²) in [6.07, 6.45) is 0. The molecule has 1 atom stereocenters. The Hall–Kier alpha value is -1.22. The largest absolute Gasteiger partial charge is 0.375 e. The maximum atomic E-state index is 11.7.